The van der Waals surface area contributed by atoms with E-state index >= 15 is 0 Å². The van der Waals surface area contributed by atoms with E-state index in [1.807, 2.05) is 0 Å². The molecule has 0 aromatic rings. The van der Waals surface area contributed by atoms with E-state index in [2.05, 4.69) is 0 Å². The predicted molar refractivity (Wildman–Crippen MR) is 63.5 cm³/mol. The Balaban J connectivity index is 2.54. The minimum absolute atomic E-state index is 0.0486. The third-order valence-corrected chi connectivity index (χ3v) is 2.83. The molecule has 1 unspecified atom stereocenters. The van der Waals surface area contributed by atoms with Gasteiger partial charge in [-0.3, -0.25) is 0 Å². The van der Waals surface area contributed by atoms with Crippen LogP contribution in [0.5, 0.6) is 0 Å². The topological polar surface area (TPSA) is 79.3 Å². The zero-order valence-corrected chi connectivity index (χ0v) is 10.8. The number of carboxylic acids is 1. The Labute approximate surface area is 106 Å². The molecule has 2 amide bonds. The van der Waals surface area contributed by atoms with Crippen LogP contribution in [0.15, 0.2) is 0 Å². The van der Waals surface area contributed by atoms with Crippen molar-refractivity contribution in [3.63, 3.8) is 0 Å². The summed E-state index contributed by atoms with van der Waals surface area (Å²) in [6.45, 7) is 1.85. The molecule has 1 rings (SSSR count). The van der Waals surface area contributed by atoms with Crippen LogP contribution in [0.25, 0.3) is 0 Å². The first-order valence-corrected chi connectivity index (χ1v) is 5.89. The Morgan fingerprint density at radius 1 is 1.56 bits per heavy atom. The van der Waals surface area contributed by atoms with Gasteiger partial charge in [0, 0.05) is 33.9 Å². The highest BCUT2D eigenvalue weighted by Gasteiger charge is 2.34. The number of hydrogen-bond acceptors (Lipinski definition) is 4. The van der Waals surface area contributed by atoms with Gasteiger partial charge in [0.25, 0.3) is 0 Å². The van der Waals surface area contributed by atoms with Gasteiger partial charge in [-0.2, -0.15) is 0 Å². The molecule has 1 atom stereocenters. The van der Waals surface area contributed by atoms with Crippen LogP contribution >= 0.6 is 0 Å². The quantitative estimate of drug-likeness (QED) is 0.696. The van der Waals surface area contributed by atoms with Crippen molar-refractivity contribution < 1.29 is 24.2 Å². The molecule has 0 radical (unpaired) electrons. The van der Waals surface area contributed by atoms with Crippen LogP contribution in [-0.4, -0.2) is 80.0 Å². The first-order valence-electron chi connectivity index (χ1n) is 5.89. The number of methoxy groups -OCH3 is 1. The van der Waals surface area contributed by atoms with Crippen molar-refractivity contribution in [2.75, 3.05) is 47.1 Å². The molecule has 0 saturated carbocycles. The fourth-order valence-corrected chi connectivity index (χ4v) is 1.80. The Kier molecular flexibility index (Phi) is 5.87. The van der Waals surface area contributed by atoms with Gasteiger partial charge in [0.15, 0.2) is 6.04 Å². The minimum atomic E-state index is -1.03. The zero-order valence-electron chi connectivity index (χ0n) is 10.8. The summed E-state index contributed by atoms with van der Waals surface area (Å²) in [4.78, 5) is 26.0. The molecular weight excluding hydrogens is 240 g/mol. The smallest absolute Gasteiger partial charge is 0.328 e. The lowest BCUT2D eigenvalue weighted by Crippen LogP contribution is -2.56. The molecule has 0 bridgehead atoms. The summed E-state index contributed by atoms with van der Waals surface area (Å²) in [5.41, 5.74) is 0. The summed E-state index contributed by atoms with van der Waals surface area (Å²) in [6, 6.07) is -1.17. The maximum absolute atomic E-state index is 12.1. The minimum Gasteiger partial charge on any atom is -0.480 e. The molecule has 104 valence electrons. The normalized spacial score (nSPS) is 19.7. The third kappa shape index (κ3) is 3.85. The van der Waals surface area contributed by atoms with E-state index in [9.17, 15) is 9.59 Å². The molecule has 0 spiro atoms. The SMILES string of the molecule is COCCCN(C)C(=O)N1CCOCC1C(=O)O. The van der Waals surface area contributed by atoms with Gasteiger partial charge in [0.1, 0.15) is 0 Å². The second-order valence-electron chi connectivity index (χ2n) is 4.17. The first kappa shape index (κ1) is 14.7. The lowest BCUT2D eigenvalue weighted by Gasteiger charge is -2.35. The van der Waals surface area contributed by atoms with E-state index in [1.54, 1.807) is 14.2 Å². The van der Waals surface area contributed by atoms with Crippen molar-refractivity contribution >= 4 is 12.0 Å². The van der Waals surface area contributed by atoms with Crippen molar-refractivity contribution in [2.45, 2.75) is 12.5 Å². The van der Waals surface area contributed by atoms with Gasteiger partial charge in [-0.25, -0.2) is 9.59 Å². The van der Waals surface area contributed by atoms with Gasteiger partial charge in [0.2, 0.25) is 0 Å². The molecule has 7 heteroatoms. The summed E-state index contributed by atoms with van der Waals surface area (Å²) >= 11 is 0. The summed E-state index contributed by atoms with van der Waals surface area (Å²) < 4.78 is 10.00. The molecule has 1 fully saturated rings. The predicted octanol–water partition coefficient (Wildman–Crippen LogP) is -0.140. The van der Waals surface area contributed by atoms with E-state index in [0.29, 0.717) is 26.3 Å². The highest BCUT2D eigenvalue weighted by Crippen LogP contribution is 2.10. The fourth-order valence-electron chi connectivity index (χ4n) is 1.80. The van der Waals surface area contributed by atoms with Crippen LogP contribution in [0, 0.1) is 0 Å². The van der Waals surface area contributed by atoms with Gasteiger partial charge < -0.3 is 24.4 Å². The standard InChI is InChI=1S/C11H20N2O5/c1-12(4-3-6-17-2)11(16)13-5-7-18-8-9(13)10(14)15/h9H,3-8H2,1-2H3,(H,14,15). The Morgan fingerprint density at radius 3 is 2.89 bits per heavy atom. The number of carboxylic acid groups (broad SMARTS) is 1. The summed E-state index contributed by atoms with van der Waals surface area (Å²) in [5, 5.41) is 9.04. The van der Waals surface area contributed by atoms with Gasteiger partial charge in [-0.05, 0) is 6.42 Å². The molecule has 18 heavy (non-hydrogen) atoms. The molecule has 1 N–H and O–H groups in total. The summed E-state index contributed by atoms with van der Waals surface area (Å²) in [6.07, 6.45) is 0.723. The second kappa shape index (κ2) is 7.17. The molecule has 0 aliphatic carbocycles. The molecule has 1 aliphatic heterocycles. The highest BCUT2D eigenvalue weighted by atomic mass is 16.5. The Bertz CT molecular complexity index is 297. The number of nitrogens with zero attached hydrogens (tertiary/aromatic N) is 2. The largest absolute Gasteiger partial charge is 0.480 e. The number of carbonyl (C=O) groups excluding carboxylic acids is 1. The number of rotatable bonds is 5. The third-order valence-electron chi connectivity index (χ3n) is 2.83. The van der Waals surface area contributed by atoms with Crippen molar-refractivity contribution in [1.82, 2.24) is 9.80 Å². The number of ether oxygens (including phenoxy) is 2. The average molecular weight is 260 g/mol. The monoisotopic (exact) mass is 260 g/mol. The van der Waals surface area contributed by atoms with Gasteiger partial charge >= 0.3 is 12.0 Å². The van der Waals surface area contributed by atoms with E-state index < -0.39 is 12.0 Å². The molecule has 1 aliphatic rings. The number of carbonyl (C=O) groups is 2. The van der Waals surface area contributed by atoms with Crippen LogP contribution in [0.4, 0.5) is 4.79 Å². The van der Waals surface area contributed by atoms with Crippen molar-refractivity contribution in [2.24, 2.45) is 0 Å². The van der Waals surface area contributed by atoms with Crippen LogP contribution in [-0.2, 0) is 14.3 Å². The van der Waals surface area contributed by atoms with Gasteiger partial charge in [-0.15, -0.1) is 0 Å². The van der Waals surface area contributed by atoms with Gasteiger partial charge in [-0.1, -0.05) is 0 Å². The number of urea groups is 1. The van der Waals surface area contributed by atoms with Crippen molar-refractivity contribution in [3.8, 4) is 0 Å². The molecule has 1 heterocycles. The molecule has 1 saturated heterocycles. The Hall–Kier alpha value is -1.34. The molecule has 0 aromatic heterocycles. The maximum atomic E-state index is 12.1. The van der Waals surface area contributed by atoms with Crippen LogP contribution in [0.1, 0.15) is 6.42 Å². The number of morpholine rings is 1. The van der Waals surface area contributed by atoms with Gasteiger partial charge in [0.05, 0.1) is 13.2 Å². The number of hydrogen-bond donors (Lipinski definition) is 1. The highest BCUT2D eigenvalue weighted by molar-refractivity contribution is 5.82. The molecule has 7 nitrogen and oxygen atoms in total. The Morgan fingerprint density at radius 2 is 2.28 bits per heavy atom. The van der Waals surface area contributed by atoms with Crippen molar-refractivity contribution in [3.05, 3.63) is 0 Å². The molecular formula is C11H20N2O5. The van der Waals surface area contributed by atoms with Crippen molar-refractivity contribution in [1.29, 1.82) is 0 Å². The second-order valence-corrected chi connectivity index (χ2v) is 4.17. The van der Waals surface area contributed by atoms with E-state index in [1.165, 1.54) is 9.80 Å². The average Bonchev–Trinajstić information content (AvgIpc) is 2.38. The summed E-state index contributed by atoms with van der Waals surface area (Å²) in [7, 11) is 3.26. The zero-order chi connectivity index (χ0) is 13.5. The van der Waals surface area contributed by atoms with E-state index in [4.69, 9.17) is 14.6 Å². The van der Waals surface area contributed by atoms with Crippen LogP contribution in [0.2, 0.25) is 0 Å². The number of aliphatic carboxylic acids is 1. The summed E-state index contributed by atoms with van der Waals surface area (Å²) in [5.74, 6) is -1.03. The fraction of sp³-hybridized carbons (Fsp3) is 0.818. The first-order chi connectivity index (χ1) is 8.57. The van der Waals surface area contributed by atoms with Crippen LogP contribution in [0.3, 0.4) is 0 Å². The lowest BCUT2D eigenvalue weighted by molar-refractivity contribution is -0.147. The molecule has 0 aromatic carbocycles. The van der Waals surface area contributed by atoms with Crippen LogP contribution < -0.4 is 0 Å². The lowest BCUT2D eigenvalue weighted by atomic mass is 10.2. The maximum Gasteiger partial charge on any atom is 0.328 e. The van der Waals surface area contributed by atoms with E-state index in [-0.39, 0.29) is 12.6 Å². The number of amides is 2. The van der Waals surface area contributed by atoms with E-state index in [0.717, 1.165) is 6.42 Å².